The zero-order chi connectivity index (χ0) is 14.8. The van der Waals surface area contributed by atoms with Crippen LogP contribution in [0, 0.1) is 5.92 Å². The van der Waals surface area contributed by atoms with E-state index in [4.69, 9.17) is 4.74 Å². The van der Waals surface area contributed by atoms with E-state index in [2.05, 4.69) is 15.1 Å². The van der Waals surface area contributed by atoms with Gasteiger partial charge in [-0.3, -0.25) is 4.98 Å². The van der Waals surface area contributed by atoms with Crippen LogP contribution in [0.25, 0.3) is 5.82 Å². The number of nitrogens with zero attached hydrogens (tertiary/aromatic N) is 4. The molecule has 2 aromatic heterocycles. The molecule has 0 aliphatic heterocycles. The first-order valence-electron chi connectivity index (χ1n) is 7.55. The van der Waals surface area contributed by atoms with Crippen LogP contribution in [0.3, 0.4) is 0 Å². The van der Waals surface area contributed by atoms with Crippen molar-refractivity contribution in [3.63, 3.8) is 0 Å². The molecule has 2 heterocycles. The van der Waals surface area contributed by atoms with Crippen LogP contribution in [0.5, 0.6) is 5.88 Å². The number of ether oxygens (including phenoxy) is 1. The van der Waals surface area contributed by atoms with Crippen LogP contribution in [0.1, 0.15) is 46.9 Å². The van der Waals surface area contributed by atoms with Gasteiger partial charge >= 0.3 is 5.97 Å². The highest BCUT2D eigenvalue weighted by molar-refractivity contribution is 5.88. The lowest BCUT2D eigenvalue weighted by Gasteiger charge is -2.07. The van der Waals surface area contributed by atoms with Crippen molar-refractivity contribution in [2.24, 2.45) is 5.92 Å². The van der Waals surface area contributed by atoms with Crippen LogP contribution in [0.2, 0.25) is 0 Å². The van der Waals surface area contributed by atoms with Gasteiger partial charge in [-0.15, -0.1) is 0 Å². The van der Waals surface area contributed by atoms with Crippen molar-refractivity contribution in [1.82, 2.24) is 19.7 Å². The minimum atomic E-state index is -0.977. The standard InChI is InChI=1S/C15H14N4O3/c20-15(21)13-10-4-7-3-9(7)14(10)19(18-13)11-5-16-6-12(17-11)22-8-1-2-8/h5-9H,1-4H2,(H,20,21)/t7-,9-/m0/s1. The Hall–Kier alpha value is -2.44. The molecule has 0 amide bonds. The van der Waals surface area contributed by atoms with Crippen molar-refractivity contribution < 1.29 is 14.6 Å². The summed E-state index contributed by atoms with van der Waals surface area (Å²) in [6, 6.07) is 0. The Kier molecular flexibility index (Phi) is 2.24. The van der Waals surface area contributed by atoms with Gasteiger partial charge in [0.2, 0.25) is 5.88 Å². The SMILES string of the molecule is O=C(O)c1nn(-c2cncc(OC3CC3)n2)c2c1C[C@@H]1C[C@H]21. The molecule has 0 aromatic carbocycles. The molecule has 2 aromatic rings. The third-order valence-corrected chi connectivity index (χ3v) is 4.59. The van der Waals surface area contributed by atoms with Gasteiger partial charge in [-0.05, 0) is 31.6 Å². The highest BCUT2D eigenvalue weighted by atomic mass is 16.5. The minimum absolute atomic E-state index is 0.150. The molecule has 0 saturated heterocycles. The first kappa shape index (κ1) is 12.1. The third-order valence-electron chi connectivity index (χ3n) is 4.59. The van der Waals surface area contributed by atoms with Crippen molar-refractivity contribution in [3.8, 4) is 11.7 Å². The lowest BCUT2D eigenvalue weighted by atomic mass is 10.1. The number of hydrogen-bond donors (Lipinski definition) is 1. The molecule has 2 atom stereocenters. The summed E-state index contributed by atoms with van der Waals surface area (Å²) >= 11 is 0. The predicted molar refractivity (Wildman–Crippen MR) is 74.3 cm³/mol. The number of carbonyl (C=O) groups is 1. The largest absolute Gasteiger partial charge is 0.476 e. The van der Waals surface area contributed by atoms with Crippen molar-refractivity contribution in [3.05, 3.63) is 29.3 Å². The lowest BCUT2D eigenvalue weighted by Crippen LogP contribution is -2.08. The smallest absolute Gasteiger partial charge is 0.356 e. The van der Waals surface area contributed by atoms with Gasteiger partial charge in [0.15, 0.2) is 11.5 Å². The molecule has 0 unspecified atom stereocenters. The molecule has 1 N–H and O–H groups in total. The second kappa shape index (κ2) is 4.06. The van der Waals surface area contributed by atoms with E-state index in [-0.39, 0.29) is 11.8 Å². The molecule has 2 fully saturated rings. The Bertz CT molecular complexity index is 796. The average molecular weight is 298 g/mol. The summed E-state index contributed by atoms with van der Waals surface area (Å²) in [6.07, 6.45) is 7.47. The highest BCUT2D eigenvalue weighted by Crippen LogP contribution is 2.57. The second-order valence-electron chi connectivity index (χ2n) is 6.27. The minimum Gasteiger partial charge on any atom is -0.476 e. The van der Waals surface area contributed by atoms with Gasteiger partial charge in [-0.2, -0.15) is 10.1 Å². The Balaban J connectivity index is 1.60. The molecule has 7 nitrogen and oxygen atoms in total. The normalized spacial score (nSPS) is 24.7. The molecular formula is C15H14N4O3. The van der Waals surface area contributed by atoms with Crippen LogP contribution in [-0.4, -0.2) is 36.9 Å². The van der Waals surface area contributed by atoms with Crippen LogP contribution in [-0.2, 0) is 6.42 Å². The topological polar surface area (TPSA) is 90.1 Å². The number of rotatable bonds is 4. The monoisotopic (exact) mass is 298 g/mol. The quantitative estimate of drug-likeness (QED) is 0.921. The Morgan fingerprint density at radius 2 is 2.23 bits per heavy atom. The number of aromatic nitrogens is 4. The van der Waals surface area contributed by atoms with E-state index in [1.807, 2.05) is 0 Å². The maximum Gasteiger partial charge on any atom is 0.356 e. The van der Waals surface area contributed by atoms with Gasteiger partial charge in [0.25, 0.3) is 0 Å². The van der Waals surface area contributed by atoms with Crippen LogP contribution in [0.4, 0.5) is 0 Å². The summed E-state index contributed by atoms with van der Waals surface area (Å²) in [5, 5.41) is 13.6. The van der Waals surface area contributed by atoms with Crippen molar-refractivity contribution >= 4 is 5.97 Å². The zero-order valence-corrected chi connectivity index (χ0v) is 11.8. The molecule has 5 rings (SSSR count). The van der Waals surface area contributed by atoms with Gasteiger partial charge in [0, 0.05) is 11.5 Å². The van der Waals surface area contributed by atoms with E-state index in [0.29, 0.717) is 23.5 Å². The molecule has 112 valence electrons. The molecule has 0 radical (unpaired) electrons. The summed E-state index contributed by atoms with van der Waals surface area (Å²) in [4.78, 5) is 20.0. The number of hydrogen-bond acceptors (Lipinski definition) is 5. The van der Waals surface area contributed by atoms with Crippen LogP contribution < -0.4 is 4.74 Å². The molecule has 3 aliphatic carbocycles. The maximum absolute atomic E-state index is 11.4. The Morgan fingerprint density at radius 1 is 1.36 bits per heavy atom. The molecule has 7 heteroatoms. The molecule has 22 heavy (non-hydrogen) atoms. The number of aromatic carboxylic acids is 1. The fraction of sp³-hybridized carbons (Fsp3) is 0.467. The third kappa shape index (κ3) is 1.74. The van der Waals surface area contributed by atoms with Crippen molar-refractivity contribution in [2.75, 3.05) is 0 Å². The number of carboxylic acids is 1. The van der Waals surface area contributed by atoms with Gasteiger partial charge in [-0.1, -0.05) is 0 Å². The maximum atomic E-state index is 11.4. The Labute approximate surface area is 126 Å². The predicted octanol–water partition coefficient (Wildman–Crippen LogP) is 1.56. The fourth-order valence-corrected chi connectivity index (χ4v) is 3.32. The van der Waals surface area contributed by atoms with Gasteiger partial charge in [0.1, 0.15) is 6.10 Å². The van der Waals surface area contributed by atoms with Crippen LogP contribution >= 0.6 is 0 Å². The summed E-state index contributed by atoms with van der Waals surface area (Å²) in [5.41, 5.74) is 2.02. The highest BCUT2D eigenvalue weighted by Gasteiger charge is 2.50. The number of carboxylic acid groups (broad SMARTS) is 1. The van der Waals surface area contributed by atoms with E-state index in [9.17, 15) is 9.90 Å². The van der Waals surface area contributed by atoms with Gasteiger partial charge < -0.3 is 9.84 Å². The van der Waals surface area contributed by atoms with E-state index in [1.165, 1.54) is 0 Å². The van der Waals surface area contributed by atoms with Gasteiger partial charge in [0.05, 0.1) is 18.1 Å². The molecule has 0 spiro atoms. The summed E-state index contributed by atoms with van der Waals surface area (Å²) in [5.74, 6) is 1.04. The first-order chi connectivity index (χ1) is 10.7. The molecule has 2 saturated carbocycles. The first-order valence-corrected chi connectivity index (χ1v) is 7.55. The van der Waals surface area contributed by atoms with E-state index in [1.54, 1.807) is 17.1 Å². The second-order valence-corrected chi connectivity index (χ2v) is 6.27. The summed E-state index contributed by atoms with van der Waals surface area (Å²) in [7, 11) is 0. The molecule has 0 bridgehead atoms. The molecule has 3 aliphatic rings. The lowest BCUT2D eigenvalue weighted by molar-refractivity contribution is 0.0688. The summed E-state index contributed by atoms with van der Waals surface area (Å²) < 4.78 is 7.32. The fourth-order valence-electron chi connectivity index (χ4n) is 3.32. The zero-order valence-electron chi connectivity index (χ0n) is 11.8. The number of fused-ring (bicyclic) bond motifs is 3. The Morgan fingerprint density at radius 3 is 3.00 bits per heavy atom. The average Bonchev–Trinajstić information content (AvgIpc) is 3.39. The molecular weight excluding hydrogens is 284 g/mol. The van der Waals surface area contributed by atoms with E-state index in [0.717, 1.165) is 36.9 Å². The van der Waals surface area contributed by atoms with Crippen LogP contribution in [0.15, 0.2) is 12.4 Å². The van der Waals surface area contributed by atoms with Crippen molar-refractivity contribution in [2.45, 2.75) is 37.7 Å². The van der Waals surface area contributed by atoms with Crippen molar-refractivity contribution in [1.29, 1.82) is 0 Å². The van der Waals surface area contributed by atoms with E-state index >= 15 is 0 Å². The summed E-state index contributed by atoms with van der Waals surface area (Å²) in [6.45, 7) is 0. The van der Waals surface area contributed by atoms with E-state index < -0.39 is 5.97 Å². The van der Waals surface area contributed by atoms with Gasteiger partial charge in [-0.25, -0.2) is 9.48 Å².